The molecule has 1 aromatic heterocycles. The summed E-state index contributed by atoms with van der Waals surface area (Å²) in [4.78, 5) is 12.9. The minimum atomic E-state index is -0.410. The van der Waals surface area contributed by atoms with Crippen LogP contribution in [0.3, 0.4) is 0 Å². The maximum Gasteiger partial charge on any atom is 0.336 e. The lowest BCUT2D eigenvalue weighted by molar-refractivity contribution is -0.128. The van der Waals surface area contributed by atoms with Gasteiger partial charge in [0.05, 0.1) is 11.4 Å². The predicted octanol–water partition coefficient (Wildman–Crippen LogP) is 7.52. The molecule has 2 aromatic carbocycles. The van der Waals surface area contributed by atoms with Crippen LogP contribution in [0.25, 0.3) is 6.08 Å². The Labute approximate surface area is 175 Å². The number of aryl methyl sites for hydroxylation is 1. The van der Waals surface area contributed by atoms with Crippen LogP contribution in [-0.4, -0.2) is 5.97 Å². The minimum Gasteiger partial charge on any atom is -0.423 e. The number of hydrogen-bond donors (Lipinski definition) is 0. The van der Waals surface area contributed by atoms with Crippen molar-refractivity contribution in [1.82, 2.24) is 0 Å². The van der Waals surface area contributed by atoms with E-state index in [9.17, 15) is 4.79 Å². The molecular formula is C24H24N2O2S. The fourth-order valence-electron chi connectivity index (χ4n) is 2.69. The highest BCUT2D eigenvalue weighted by atomic mass is 32.1. The van der Waals surface area contributed by atoms with E-state index in [1.807, 2.05) is 29.6 Å². The minimum absolute atomic E-state index is 0.410. The molecule has 0 N–H and O–H groups in total. The average molecular weight is 405 g/mol. The van der Waals surface area contributed by atoms with Crippen molar-refractivity contribution in [3.63, 3.8) is 0 Å². The van der Waals surface area contributed by atoms with Crippen molar-refractivity contribution in [2.45, 2.75) is 32.6 Å². The van der Waals surface area contributed by atoms with Crippen LogP contribution in [0.1, 0.15) is 36.6 Å². The standard InChI is InChI=1S/C24H24N2O2S/c1-2-3-4-6-19-8-10-20(11-9-19)25-26-21-12-14-22(15-13-21)28-24(27)17-16-23-7-5-18-29-23/h5,7-18H,2-4,6H2,1H3/b17-16+,26-25?. The fourth-order valence-corrected chi connectivity index (χ4v) is 3.31. The number of esters is 1. The Kier molecular flexibility index (Phi) is 7.90. The van der Waals surface area contributed by atoms with Crippen LogP contribution < -0.4 is 4.74 Å². The quantitative estimate of drug-likeness (QED) is 0.122. The number of carbonyl (C=O) groups is 1. The summed E-state index contributed by atoms with van der Waals surface area (Å²) in [6.07, 6.45) is 7.98. The fraction of sp³-hybridized carbons (Fsp3) is 0.208. The van der Waals surface area contributed by atoms with E-state index in [0.717, 1.165) is 17.0 Å². The molecule has 0 unspecified atom stereocenters. The maximum absolute atomic E-state index is 11.9. The van der Waals surface area contributed by atoms with Crippen LogP contribution in [0, 0.1) is 0 Å². The first-order valence-electron chi connectivity index (χ1n) is 9.77. The molecule has 0 saturated carbocycles. The SMILES string of the molecule is CCCCCc1ccc(N=Nc2ccc(OC(=O)/C=C/c3cccs3)cc2)cc1. The van der Waals surface area contributed by atoms with Crippen LogP contribution in [-0.2, 0) is 11.2 Å². The van der Waals surface area contributed by atoms with E-state index in [1.165, 1.54) is 30.9 Å². The Balaban J connectivity index is 1.51. The molecule has 0 atom stereocenters. The van der Waals surface area contributed by atoms with E-state index in [0.29, 0.717) is 11.4 Å². The molecule has 1 heterocycles. The Morgan fingerprint density at radius 2 is 1.66 bits per heavy atom. The monoisotopic (exact) mass is 404 g/mol. The molecule has 0 amide bonds. The zero-order valence-corrected chi connectivity index (χ0v) is 17.3. The third-order valence-corrected chi connectivity index (χ3v) is 5.11. The molecule has 0 fully saturated rings. The molecule has 148 valence electrons. The molecule has 0 saturated heterocycles. The number of carbonyl (C=O) groups excluding carboxylic acids is 1. The van der Waals surface area contributed by atoms with E-state index >= 15 is 0 Å². The summed E-state index contributed by atoms with van der Waals surface area (Å²) in [5.74, 6) is 0.0630. The number of rotatable bonds is 9. The molecule has 0 aliphatic rings. The molecule has 0 spiro atoms. The van der Waals surface area contributed by atoms with Crippen molar-refractivity contribution in [2.24, 2.45) is 10.2 Å². The van der Waals surface area contributed by atoms with Crippen molar-refractivity contribution < 1.29 is 9.53 Å². The van der Waals surface area contributed by atoms with Gasteiger partial charge in [0.25, 0.3) is 0 Å². The van der Waals surface area contributed by atoms with Gasteiger partial charge in [0.2, 0.25) is 0 Å². The molecule has 0 radical (unpaired) electrons. The van der Waals surface area contributed by atoms with Gasteiger partial charge >= 0.3 is 5.97 Å². The van der Waals surface area contributed by atoms with Gasteiger partial charge in [-0.25, -0.2) is 4.79 Å². The van der Waals surface area contributed by atoms with Gasteiger partial charge in [-0.3, -0.25) is 0 Å². The van der Waals surface area contributed by atoms with Crippen LogP contribution >= 0.6 is 11.3 Å². The summed E-state index contributed by atoms with van der Waals surface area (Å²) in [5.41, 5.74) is 2.85. The van der Waals surface area contributed by atoms with Gasteiger partial charge < -0.3 is 4.74 Å². The molecule has 0 aliphatic carbocycles. The van der Waals surface area contributed by atoms with E-state index in [1.54, 1.807) is 41.7 Å². The molecule has 4 nitrogen and oxygen atoms in total. The maximum atomic E-state index is 11.9. The average Bonchev–Trinajstić information content (AvgIpc) is 3.27. The van der Waals surface area contributed by atoms with Gasteiger partial charge in [0.1, 0.15) is 5.75 Å². The molecule has 0 bridgehead atoms. The zero-order chi connectivity index (χ0) is 20.3. The summed E-state index contributed by atoms with van der Waals surface area (Å²) >= 11 is 1.56. The molecule has 29 heavy (non-hydrogen) atoms. The summed E-state index contributed by atoms with van der Waals surface area (Å²) in [6.45, 7) is 2.21. The largest absolute Gasteiger partial charge is 0.423 e. The highest BCUT2D eigenvalue weighted by Crippen LogP contribution is 2.22. The summed E-state index contributed by atoms with van der Waals surface area (Å²) < 4.78 is 5.29. The van der Waals surface area contributed by atoms with E-state index < -0.39 is 5.97 Å². The van der Waals surface area contributed by atoms with Gasteiger partial charge in [-0.2, -0.15) is 10.2 Å². The lowest BCUT2D eigenvalue weighted by Gasteiger charge is -2.02. The summed E-state index contributed by atoms with van der Waals surface area (Å²) in [6, 6.07) is 19.0. The molecule has 3 aromatic rings. The van der Waals surface area contributed by atoms with Crippen molar-refractivity contribution >= 4 is 34.8 Å². The van der Waals surface area contributed by atoms with Gasteiger partial charge in [-0.15, -0.1) is 11.3 Å². The second kappa shape index (κ2) is 11.1. The van der Waals surface area contributed by atoms with E-state index in [-0.39, 0.29) is 0 Å². The first kappa shape index (κ1) is 20.7. The highest BCUT2D eigenvalue weighted by molar-refractivity contribution is 7.10. The van der Waals surface area contributed by atoms with Crippen molar-refractivity contribution in [3.05, 3.63) is 82.6 Å². The molecule has 3 rings (SSSR count). The van der Waals surface area contributed by atoms with Gasteiger partial charge in [-0.1, -0.05) is 38.0 Å². The highest BCUT2D eigenvalue weighted by Gasteiger charge is 2.01. The molecule has 0 aliphatic heterocycles. The van der Waals surface area contributed by atoms with Crippen molar-refractivity contribution in [3.8, 4) is 5.75 Å². The topological polar surface area (TPSA) is 51.0 Å². The first-order chi connectivity index (χ1) is 14.2. The lowest BCUT2D eigenvalue weighted by Crippen LogP contribution is -2.03. The number of thiophene rings is 1. The number of unbranched alkanes of at least 4 members (excludes halogenated alkanes) is 2. The third kappa shape index (κ3) is 7.12. The number of azo groups is 1. The van der Waals surface area contributed by atoms with Crippen molar-refractivity contribution in [2.75, 3.05) is 0 Å². The smallest absolute Gasteiger partial charge is 0.336 e. The normalized spacial score (nSPS) is 11.3. The Hall–Kier alpha value is -3.05. The summed E-state index contributed by atoms with van der Waals surface area (Å²) in [7, 11) is 0. The zero-order valence-electron chi connectivity index (χ0n) is 16.5. The predicted molar refractivity (Wildman–Crippen MR) is 119 cm³/mol. The van der Waals surface area contributed by atoms with E-state index in [4.69, 9.17) is 4.74 Å². The van der Waals surface area contributed by atoms with Gasteiger partial charge in [-0.05, 0) is 72.3 Å². The molecule has 5 heteroatoms. The second-order valence-corrected chi connectivity index (χ2v) is 7.57. The second-order valence-electron chi connectivity index (χ2n) is 6.59. The third-order valence-electron chi connectivity index (χ3n) is 4.27. The Morgan fingerprint density at radius 3 is 2.28 bits per heavy atom. The number of hydrogen-bond acceptors (Lipinski definition) is 5. The summed E-state index contributed by atoms with van der Waals surface area (Å²) in [5, 5.41) is 10.5. The van der Waals surface area contributed by atoms with Crippen LogP contribution in [0.4, 0.5) is 11.4 Å². The van der Waals surface area contributed by atoms with E-state index in [2.05, 4.69) is 29.3 Å². The van der Waals surface area contributed by atoms with Crippen LogP contribution in [0.15, 0.2) is 82.3 Å². The number of benzene rings is 2. The number of nitrogens with zero attached hydrogens (tertiary/aromatic N) is 2. The van der Waals surface area contributed by atoms with Gasteiger partial charge in [0.15, 0.2) is 0 Å². The number of ether oxygens (including phenoxy) is 1. The Bertz CT molecular complexity index is 944. The van der Waals surface area contributed by atoms with Gasteiger partial charge in [0, 0.05) is 11.0 Å². The molecular weight excluding hydrogens is 380 g/mol. The lowest BCUT2D eigenvalue weighted by atomic mass is 10.1. The Morgan fingerprint density at radius 1 is 0.966 bits per heavy atom. The van der Waals surface area contributed by atoms with Crippen LogP contribution in [0.2, 0.25) is 0 Å². The van der Waals surface area contributed by atoms with Crippen LogP contribution in [0.5, 0.6) is 5.75 Å². The first-order valence-corrected chi connectivity index (χ1v) is 10.6. The van der Waals surface area contributed by atoms with Crippen molar-refractivity contribution in [1.29, 1.82) is 0 Å².